The third kappa shape index (κ3) is 3.64. The van der Waals surface area contributed by atoms with E-state index in [0.29, 0.717) is 12.5 Å². The first kappa shape index (κ1) is 13.3. The maximum atomic E-state index is 11.0. The van der Waals surface area contributed by atoms with Crippen LogP contribution in [0.25, 0.3) is 0 Å². The molecule has 0 fully saturated rings. The van der Waals surface area contributed by atoms with Crippen LogP contribution in [0.15, 0.2) is 18.2 Å². The fourth-order valence-electron chi connectivity index (χ4n) is 1.52. The molecular formula is C12H19N3O2. The van der Waals surface area contributed by atoms with E-state index >= 15 is 0 Å². The maximum Gasteiger partial charge on any atom is 0.329 e. The summed E-state index contributed by atoms with van der Waals surface area (Å²) < 4.78 is 5.24. The number of amides is 2. The maximum absolute atomic E-state index is 11.0. The van der Waals surface area contributed by atoms with E-state index in [-0.39, 0.29) is 0 Å². The van der Waals surface area contributed by atoms with E-state index in [1.165, 1.54) is 5.56 Å². The third-order valence-electron chi connectivity index (χ3n) is 2.54. The van der Waals surface area contributed by atoms with Gasteiger partial charge in [0.05, 0.1) is 7.11 Å². The van der Waals surface area contributed by atoms with Gasteiger partial charge >= 0.3 is 6.03 Å². The van der Waals surface area contributed by atoms with E-state index in [1.54, 1.807) is 7.11 Å². The summed E-state index contributed by atoms with van der Waals surface area (Å²) in [4.78, 5) is 11.0. The fourth-order valence-corrected chi connectivity index (χ4v) is 1.52. The fraction of sp³-hybridized carbons (Fsp3) is 0.417. The number of hydrogen-bond acceptors (Lipinski definition) is 3. The van der Waals surface area contributed by atoms with Gasteiger partial charge in [0.1, 0.15) is 5.75 Å². The number of carbonyl (C=O) groups excluding carboxylic acids is 1. The second-order valence-electron chi connectivity index (χ2n) is 4.05. The molecule has 1 rings (SSSR count). The molecule has 4 N–H and O–H groups in total. The normalized spacial score (nSPS) is 10.2. The standard InChI is InChI=1S/C12H19N3O2/c1-8(2)9-4-5-11(17-3)10(6-9)7-14-12(16)15-13/h4-6,8H,7,13H2,1-3H3,(H2,14,15,16). The molecule has 1 aromatic rings. The van der Waals surface area contributed by atoms with Gasteiger partial charge in [0.2, 0.25) is 0 Å². The smallest absolute Gasteiger partial charge is 0.329 e. The monoisotopic (exact) mass is 237 g/mol. The molecule has 0 saturated carbocycles. The van der Waals surface area contributed by atoms with Gasteiger partial charge in [0.25, 0.3) is 0 Å². The molecule has 0 bridgehead atoms. The minimum atomic E-state index is -0.415. The largest absolute Gasteiger partial charge is 0.496 e. The molecule has 17 heavy (non-hydrogen) atoms. The van der Waals surface area contributed by atoms with Gasteiger partial charge in [-0.15, -0.1) is 0 Å². The van der Waals surface area contributed by atoms with Crippen LogP contribution in [0.3, 0.4) is 0 Å². The molecule has 0 radical (unpaired) electrons. The molecule has 5 nitrogen and oxygen atoms in total. The summed E-state index contributed by atoms with van der Waals surface area (Å²) in [7, 11) is 1.61. The summed E-state index contributed by atoms with van der Waals surface area (Å²) >= 11 is 0. The SMILES string of the molecule is COc1ccc(C(C)C)cc1CNC(=O)NN. The average Bonchev–Trinajstić information content (AvgIpc) is 2.35. The van der Waals surface area contributed by atoms with Gasteiger partial charge in [-0.1, -0.05) is 26.0 Å². The lowest BCUT2D eigenvalue weighted by molar-refractivity contribution is 0.240. The molecule has 0 aliphatic heterocycles. The van der Waals surface area contributed by atoms with Gasteiger partial charge < -0.3 is 10.1 Å². The molecule has 0 aliphatic carbocycles. The van der Waals surface area contributed by atoms with E-state index in [4.69, 9.17) is 10.6 Å². The first-order chi connectivity index (χ1) is 8.08. The predicted molar refractivity (Wildman–Crippen MR) is 66.6 cm³/mol. The average molecular weight is 237 g/mol. The van der Waals surface area contributed by atoms with Crippen LogP contribution < -0.4 is 21.3 Å². The highest BCUT2D eigenvalue weighted by Gasteiger charge is 2.07. The molecular weight excluding hydrogens is 218 g/mol. The lowest BCUT2D eigenvalue weighted by atomic mass is 10.0. The molecule has 0 heterocycles. The van der Waals surface area contributed by atoms with Crippen molar-refractivity contribution in [3.8, 4) is 5.75 Å². The van der Waals surface area contributed by atoms with E-state index in [0.717, 1.165) is 11.3 Å². The van der Waals surface area contributed by atoms with Crippen molar-refractivity contribution < 1.29 is 9.53 Å². The Kier molecular flexibility index (Phi) is 4.78. The number of urea groups is 1. The number of benzene rings is 1. The van der Waals surface area contributed by atoms with Crippen molar-refractivity contribution in [3.63, 3.8) is 0 Å². The van der Waals surface area contributed by atoms with Crippen molar-refractivity contribution in [1.29, 1.82) is 0 Å². The van der Waals surface area contributed by atoms with E-state index < -0.39 is 6.03 Å². The number of hydrazine groups is 1. The molecule has 2 amide bonds. The molecule has 0 saturated heterocycles. The molecule has 0 atom stereocenters. The van der Waals surface area contributed by atoms with Crippen molar-refractivity contribution in [2.45, 2.75) is 26.3 Å². The van der Waals surface area contributed by atoms with Crippen LogP contribution in [-0.2, 0) is 6.54 Å². The number of ether oxygens (including phenoxy) is 1. The van der Waals surface area contributed by atoms with Crippen LogP contribution in [0.1, 0.15) is 30.9 Å². The van der Waals surface area contributed by atoms with Crippen LogP contribution in [0.5, 0.6) is 5.75 Å². The predicted octanol–water partition coefficient (Wildman–Crippen LogP) is 1.49. The van der Waals surface area contributed by atoms with Gasteiger partial charge in [-0.2, -0.15) is 0 Å². The van der Waals surface area contributed by atoms with Crippen LogP contribution in [-0.4, -0.2) is 13.1 Å². The summed E-state index contributed by atoms with van der Waals surface area (Å²) in [6.07, 6.45) is 0. The highest BCUT2D eigenvalue weighted by atomic mass is 16.5. The van der Waals surface area contributed by atoms with Crippen LogP contribution in [0.2, 0.25) is 0 Å². The highest BCUT2D eigenvalue weighted by molar-refractivity contribution is 5.73. The van der Waals surface area contributed by atoms with E-state index in [9.17, 15) is 4.79 Å². The summed E-state index contributed by atoms with van der Waals surface area (Å²) in [6.45, 7) is 4.62. The molecule has 0 aliphatic rings. The second kappa shape index (κ2) is 6.10. The van der Waals surface area contributed by atoms with Crippen molar-refractivity contribution in [1.82, 2.24) is 10.7 Å². The Bertz CT molecular complexity index is 391. The first-order valence-corrected chi connectivity index (χ1v) is 5.49. The lowest BCUT2D eigenvalue weighted by Crippen LogP contribution is -2.39. The van der Waals surface area contributed by atoms with Gasteiger partial charge in [-0.25, -0.2) is 10.6 Å². The lowest BCUT2D eigenvalue weighted by Gasteiger charge is -2.13. The second-order valence-corrected chi connectivity index (χ2v) is 4.05. The molecule has 5 heteroatoms. The van der Waals surface area contributed by atoms with Gasteiger partial charge in [0.15, 0.2) is 0 Å². The summed E-state index contributed by atoms with van der Waals surface area (Å²) in [5, 5.41) is 2.63. The molecule has 0 aromatic heterocycles. The van der Waals surface area contributed by atoms with Gasteiger partial charge in [0, 0.05) is 12.1 Å². The number of nitrogens with one attached hydrogen (secondary N) is 2. The number of carbonyl (C=O) groups is 1. The Hall–Kier alpha value is -1.75. The number of nitrogens with two attached hydrogens (primary N) is 1. The number of rotatable bonds is 4. The molecule has 1 aromatic carbocycles. The van der Waals surface area contributed by atoms with Crippen LogP contribution in [0.4, 0.5) is 4.79 Å². The first-order valence-electron chi connectivity index (χ1n) is 5.49. The van der Waals surface area contributed by atoms with Gasteiger partial charge in [-0.3, -0.25) is 5.43 Å². The van der Waals surface area contributed by atoms with Crippen molar-refractivity contribution in [2.24, 2.45) is 5.84 Å². The Morgan fingerprint density at radius 2 is 2.18 bits per heavy atom. The summed E-state index contributed by atoms with van der Waals surface area (Å²) in [6, 6.07) is 5.55. The van der Waals surface area contributed by atoms with Crippen molar-refractivity contribution >= 4 is 6.03 Å². The Morgan fingerprint density at radius 3 is 2.71 bits per heavy atom. The quantitative estimate of drug-likeness (QED) is 0.422. The van der Waals surface area contributed by atoms with Crippen LogP contribution >= 0.6 is 0 Å². The molecule has 0 spiro atoms. The Balaban J connectivity index is 2.86. The van der Waals surface area contributed by atoms with E-state index in [1.807, 2.05) is 23.6 Å². The highest BCUT2D eigenvalue weighted by Crippen LogP contribution is 2.23. The van der Waals surface area contributed by atoms with Crippen molar-refractivity contribution in [3.05, 3.63) is 29.3 Å². The number of hydrogen-bond donors (Lipinski definition) is 3. The molecule has 94 valence electrons. The van der Waals surface area contributed by atoms with Crippen molar-refractivity contribution in [2.75, 3.05) is 7.11 Å². The van der Waals surface area contributed by atoms with E-state index in [2.05, 4.69) is 19.2 Å². The summed E-state index contributed by atoms with van der Waals surface area (Å²) in [5.41, 5.74) is 4.16. The third-order valence-corrected chi connectivity index (χ3v) is 2.54. The Morgan fingerprint density at radius 1 is 1.47 bits per heavy atom. The Labute approximate surface area is 101 Å². The zero-order valence-corrected chi connectivity index (χ0v) is 10.4. The zero-order chi connectivity index (χ0) is 12.8. The molecule has 0 unspecified atom stereocenters. The topological polar surface area (TPSA) is 76.4 Å². The van der Waals surface area contributed by atoms with Crippen LogP contribution in [0, 0.1) is 0 Å². The minimum absolute atomic E-state index is 0.382. The van der Waals surface area contributed by atoms with Gasteiger partial charge in [-0.05, 0) is 17.5 Å². The number of methoxy groups -OCH3 is 1. The minimum Gasteiger partial charge on any atom is -0.496 e. The zero-order valence-electron chi connectivity index (χ0n) is 10.4. The summed E-state index contributed by atoms with van der Waals surface area (Å²) in [5.74, 6) is 6.18.